The first kappa shape index (κ1) is 25.3. The van der Waals surface area contributed by atoms with E-state index in [1.165, 1.54) is 0 Å². The van der Waals surface area contributed by atoms with Crippen molar-refractivity contribution in [3.05, 3.63) is 53.3 Å². The van der Waals surface area contributed by atoms with E-state index in [0.29, 0.717) is 18.2 Å². The monoisotopic (exact) mass is 466 g/mol. The number of carbonyl (C=O) groups is 1. The number of aromatic nitrogens is 2. The molecule has 1 atom stereocenters. The average molecular weight is 467 g/mol. The van der Waals surface area contributed by atoms with E-state index in [2.05, 4.69) is 9.97 Å². The third-order valence-corrected chi connectivity index (χ3v) is 6.85. The molecule has 1 aromatic heterocycles. The maximum absolute atomic E-state index is 12.4. The van der Waals surface area contributed by atoms with Crippen LogP contribution in [0.25, 0.3) is 0 Å². The van der Waals surface area contributed by atoms with E-state index in [1.54, 1.807) is 0 Å². The SMILES string of the molecule is CCCCS(=O)(=O)CC(COCc1ccccc1)OC(=O)CSc1nc(C)cc(C)n1. The van der Waals surface area contributed by atoms with Gasteiger partial charge in [-0.25, -0.2) is 18.4 Å². The van der Waals surface area contributed by atoms with Gasteiger partial charge in [-0.15, -0.1) is 0 Å². The minimum atomic E-state index is -3.35. The highest BCUT2D eigenvalue weighted by molar-refractivity contribution is 7.99. The Morgan fingerprint density at radius 2 is 1.81 bits per heavy atom. The second-order valence-corrected chi connectivity index (χ2v) is 10.5. The molecule has 31 heavy (non-hydrogen) atoms. The molecule has 0 saturated carbocycles. The summed E-state index contributed by atoms with van der Waals surface area (Å²) >= 11 is 1.16. The summed E-state index contributed by atoms with van der Waals surface area (Å²) in [4.78, 5) is 21.0. The third kappa shape index (κ3) is 10.3. The molecular weight excluding hydrogens is 436 g/mol. The molecule has 170 valence electrons. The molecule has 2 rings (SSSR count). The van der Waals surface area contributed by atoms with Crippen LogP contribution in [0.5, 0.6) is 0 Å². The van der Waals surface area contributed by atoms with Crippen LogP contribution in [-0.4, -0.2) is 54.3 Å². The first-order valence-electron chi connectivity index (χ1n) is 10.2. The Labute approximate surface area is 188 Å². The van der Waals surface area contributed by atoms with Gasteiger partial charge in [0.25, 0.3) is 0 Å². The van der Waals surface area contributed by atoms with Crippen LogP contribution in [-0.2, 0) is 30.7 Å². The van der Waals surface area contributed by atoms with Crippen LogP contribution in [0, 0.1) is 13.8 Å². The zero-order valence-corrected chi connectivity index (χ0v) is 19.9. The molecule has 0 aliphatic carbocycles. The van der Waals surface area contributed by atoms with Crippen molar-refractivity contribution in [2.45, 2.75) is 51.5 Å². The summed E-state index contributed by atoms with van der Waals surface area (Å²) in [7, 11) is -3.35. The number of unbranched alkanes of at least 4 members (excludes halogenated alkanes) is 1. The van der Waals surface area contributed by atoms with Crippen LogP contribution in [0.1, 0.15) is 36.7 Å². The lowest BCUT2D eigenvalue weighted by Crippen LogP contribution is -2.32. The number of hydrogen-bond acceptors (Lipinski definition) is 8. The van der Waals surface area contributed by atoms with Crippen molar-refractivity contribution >= 4 is 27.6 Å². The number of thioether (sulfide) groups is 1. The number of sulfone groups is 1. The lowest BCUT2D eigenvalue weighted by Gasteiger charge is -2.18. The molecule has 0 radical (unpaired) electrons. The number of ether oxygens (including phenoxy) is 2. The maximum atomic E-state index is 12.4. The van der Waals surface area contributed by atoms with Gasteiger partial charge in [0, 0.05) is 11.4 Å². The highest BCUT2D eigenvalue weighted by atomic mass is 32.2. The van der Waals surface area contributed by atoms with Gasteiger partial charge in [0.05, 0.1) is 30.5 Å². The third-order valence-electron chi connectivity index (χ3n) is 4.24. The summed E-state index contributed by atoms with van der Waals surface area (Å²) < 4.78 is 35.9. The normalized spacial score (nSPS) is 12.5. The van der Waals surface area contributed by atoms with Crippen molar-refractivity contribution in [1.82, 2.24) is 9.97 Å². The van der Waals surface area contributed by atoms with Crippen molar-refractivity contribution < 1.29 is 22.7 Å². The van der Waals surface area contributed by atoms with E-state index in [0.717, 1.165) is 35.1 Å². The molecule has 1 aromatic carbocycles. The molecule has 0 fully saturated rings. The van der Waals surface area contributed by atoms with Gasteiger partial charge in [-0.3, -0.25) is 4.79 Å². The second kappa shape index (κ2) is 12.8. The number of benzene rings is 1. The number of rotatable bonds is 13. The number of esters is 1. The second-order valence-electron chi connectivity index (χ2n) is 7.30. The number of nitrogens with zero attached hydrogens (tertiary/aromatic N) is 2. The molecule has 0 aliphatic rings. The van der Waals surface area contributed by atoms with Crippen molar-refractivity contribution in [2.24, 2.45) is 0 Å². The van der Waals surface area contributed by atoms with Crippen LogP contribution >= 0.6 is 11.8 Å². The predicted octanol–water partition coefficient (Wildman–Crippen LogP) is 3.53. The van der Waals surface area contributed by atoms with Crippen LogP contribution in [0.4, 0.5) is 0 Å². The van der Waals surface area contributed by atoms with Gasteiger partial charge in [0.1, 0.15) is 6.10 Å². The van der Waals surface area contributed by atoms with Crippen LogP contribution in [0.2, 0.25) is 0 Å². The standard InChI is InChI=1S/C22H30N2O5S2/c1-4-5-11-31(26,27)16-20(14-28-13-19-9-7-6-8-10-19)29-21(25)15-30-22-23-17(2)12-18(3)24-22/h6-10,12,20H,4-5,11,13-16H2,1-3H3. The molecule has 0 spiro atoms. The Bertz CT molecular complexity index is 916. The molecule has 1 unspecified atom stereocenters. The number of carbonyl (C=O) groups excluding carboxylic acids is 1. The minimum absolute atomic E-state index is 0.00686. The van der Waals surface area contributed by atoms with Crippen molar-refractivity contribution in [3.8, 4) is 0 Å². The van der Waals surface area contributed by atoms with Gasteiger partial charge in [-0.1, -0.05) is 55.4 Å². The van der Waals surface area contributed by atoms with E-state index in [4.69, 9.17) is 9.47 Å². The molecule has 0 amide bonds. The summed E-state index contributed by atoms with van der Waals surface area (Å²) in [6, 6.07) is 11.4. The first-order chi connectivity index (χ1) is 14.8. The van der Waals surface area contributed by atoms with Crippen molar-refractivity contribution in [1.29, 1.82) is 0 Å². The van der Waals surface area contributed by atoms with Crippen LogP contribution in [0.15, 0.2) is 41.6 Å². The van der Waals surface area contributed by atoms with Gasteiger partial charge in [0.15, 0.2) is 15.0 Å². The molecule has 7 nitrogen and oxygen atoms in total. The highest BCUT2D eigenvalue weighted by Crippen LogP contribution is 2.15. The van der Waals surface area contributed by atoms with Gasteiger partial charge >= 0.3 is 5.97 Å². The minimum Gasteiger partial charge on any atom is -0.458 e. The van der Waals surface area contributed by atoms with E-state index in [1.807, 2.05) is 57.2 Å². The molecule has 0 N–H and O–H groups in total. The van der Waals surface area contributed by atoms with Crippen molar-refractivity contribution in [3.63, 3.8) is 0 Å². The summed E-state index contributed by atoms with van der Waals surface area (Å²) in [6.07, 6.45) is 0.493. The fourth-order valence-electron chi connectivity index (χ4n) is 2.83. The van der Waals surface area contributed by atoms with Gasteiger partial charge in [-0.2, -0.15) is 0 Å². The van der Waals surface area contributed by atoms with Gasteiger partial charge < -0.3 is 9.47 Å². The Balaban J connectivity index is 1.94. The Kier molecular flexibility index (Phi) is 10.4. The fourth-order valence-corrected chi connectivity index (χ4v) is 5.19. The molecule has 9 heteroatoms. The quantitative estimate of drug-likeness (QED) is 0.251. The van der Waals surface area contributed by atoms with Crippen molar-refractivity contribution in [2.75, 3.05) is 23.9 Å². The lowest BCUT2D eigenvalue weighted by atomic mass is 10.2. The highest BCUT2D eigenvalue weighted by Gasteiger charge is 2.23. The lowest BCUT2D eigenvalue weighted by molar-refractivity contribution is -0.147. The van der Waals surface area contributed by atoms with Gasteiger partial charge in [0.2, 0.25) is 0 Å². The summed E-state index contributed by atoms with van der Waals surface area (Å²) in [5, 5.41) is 0.488. The predicted molar refractivity (Wildman–Crippen MR) is 122 cm³/mol. The Morgan fingerprint density at radius 3 is 2.45 bits per heavy atom. The maximum Gasteiger partial charge on any atom is 0.316 e. The summed E-state index contributed by atoms with van der Waals surface area (Å²) in [5.41, 5.74) is 2.60. The average Bonchev–Trinajstić information content (AvgIpc) is 2.70. The summed E-state index contributed by atoms with van der Waals surface area (Å²) in [6.45, 7) is 5.98. The molecular formula is C22H30N2O5S2. The molecule has 1 heterocycles. The van der Waals surface area contributed by atoms with E-state index >= 15 is 0 Å². The fraction of sp³-hybridized carbons (Fsp3) is 0.500. The first-order valence-corrected chi connectivity index (χ1v) is 13.0. The van der Waals surface area contributed by atoms with E-state index < -0.39 is 21.9 Å². The Hall–Kier alpha value is -1.97. The largest absolute Gasteiger partial charge is 0.458 e. The zero-order valence-electron chi connectivity index (χ0n) is 18.2. The van der Waals surface area contributed by atoms with E-state index in [9.17, 15) is 13.2 Å². The Morgan fingerprint density at radius 1 is 1.13 bits per heavy atom. The van der Waals surface area contributed by atoms with Crippen LogP contribution in [0.3, 0.4) is 0 Å². The zero-order chi connectivity index (χ0) is 22.7. The molecule has 2 aromatic rings. The molecule has 0 aliphatic heterocycles. The topological polar surface area (TPSA) is 95.5 Å². The number of hydrogen-bond donors (Lipinski definition) is 0. The smallest absolute Gasteiger partial charge is 0.316 e. The van der Waals surface area contributed by atoms with Crippen LogP contribution < -0.4 is 0 Å². The number of aryl methyl sites for hydroxylation is 2. The van der Waals surface area contributed by atoms with E-state index in [-0.39, 0.29) is 23.9 Å². The van der Waals surface area contributed by atoms with Gasteiger partial charge in [-0.05, 0) is 31.9 Å². The molecule has 0 bridgehead atoms. The summed E-state index contributed by atoms with van der Waals surface area (Å²) in [5.74, 6) is -0.709. The molecule has 0 saturated heterocycles.